The Morgan fingerprint density at radius 3 is 2.85 bits per heavy atom. The maximum absolute atomic E-state index is 10.6. The minimum atomic E-state index is -0.143. The predicted molar refractivity (Wildman–Crippen MR) is 55.2 cm³/mol. The molecule has 0 unspecified atom stereocenters. The van der Waals surface area contributed by atoms with E-state index in [4.69, 9.17) is 0 Å². The van der Waals surface area contributed by atoms with Crippen molar-refractivity contribution in [2.75, 3.05) is 0 Å². The van der Waals surface area contributed by atoms with Gasteiger partial charge in [-0.05, 0) is 13.3 Å². The number of carbonyl (C=O) groups is 1. The second kappa shape index (κ2) is 4.60. The molecule has 0 fully saturated rings. The molecule has 0 atom stereocenters. The third kappa shape index (κ3) is 3.23. The molecule has 1 aliphatic rings. The largest absolute Gasteiger partial charge is 0.274 e. The summed E-state index contributed by atoms with van der Waals surface area (Å²) in [5.74, 6) is 0.992. The minimum Gasteiger partial charge on any atom is -0.274 e. The molecular weight excluding hydrogens is 164 g/mol. The predicted octanol–water partition coefficient (Wildman–Crippen LogP) is 1.83. The van der Waals surface area contributed by atoms with Crippen LogP contribution in [0.5, 0.6) is 0 Å². The van der Waals surface area contributed by atoms with Crippen LogP contribution in [0, 0.1) is 5.92 Å². The van der Waals surface area contributed by atoms with Crippen molar-refractivity contribution < 1.29 is 6.22 Å². The Bertz CT molecular complexity index is 282. The first-order valence-electron chi connectivity index (χ1n) is 4.20. The monoisotopic (exact) mass is 179 g/mol. The first kappa shape index (κ1) is 9.71. The number of nitrogens with one attached hydrogen (secondary N) is 1. The Balaban J connectivity index is 0.00000169. The van der Waals surface area contributed by atoms with E-state index in [1.54, 1.807) is 0 Å². The number of carbonyl (C=O) groups excluding carboxylic acids is 1. The van der Waals surface area contributed by atoms with Gasteiger partial charge in [-0.2, -0.15) is 5.10 Å². The Morgan fingerprint density at radius 1 is 1.54 bits per heavy atom. The molecular formula is C10H15N2O. The molecule has 0 aromatic heterocycles. The molecule has 0 saturated heterocycles. The molecule has 0 aliphatic heterocycles. The molecule has 0 heterocycles. The van der Waals surface area contributed by atoms with Crippen LogP contribution in [-0.2, 0) is 4.79 Å². The van der Waals surface area contributed by atoms with E-state index >= 15 is 0 Å². The van der Waals surface area contributed by atoms with Crippen molar-refractivity contribution in [3.63, 3.8) is 0 Å². The van der Waals surface area contributed by atoms with E-state index in [0.29, 0.717) is 0 Å². The number of amides is 1. The topological polar surface area (TPSA) is 41.5 Å². The number of hydrazone groups is 1. The summed E-state index contributed by atoms with van der Waals surface area (Å²) in [6, 6.07) is 0. The van der Waals surface area contributed by atoms with Gasteiger partial charge in [0, 0.05) is 20.0 Å². The van der Waals surface area contributed by atoms with E-state index in [-0.39, 0.29) is 7.33 Å². The van der Waals surface area contributed by atoms with Crippen LogP contribution in [0.15, 0.2) is 29.4 Å². The van der Waals surface area contributed by atoms with Gasteiger partial charge in [-0.15, -0.1) is 0 Å². The second-order valence-corrected chi connectivity index (χ2v) is 2.88. The van der Waals surface area contributed by atoms with Crippen molar-refractivity contribution >= 4 is 11.6 Å². The van der Waals surface area contributed by atoms with Crippen molar-refractivity contribution in [3.8, 4) is 0 Å². The van der Waals surface area contributed by atoms with Gasteiger partial charge in [0.2, 0.25) is 5.91 Å². The van der Waals surface area contributed by atoms with Crippen molar-refractivity contribution in [1.82, 2.24) is 5.43 Å². The average Bonchev–Trinajstić information content (AvgIpc) is 2.15. The maximum atomic E-state index is 10.6. The van der Waals surface area contributed by atoms with Crippen LogP contribution in [0.4, 0.5) is 0 Å². The normalized spacial score (nSPS) is 17.5. The summed E-state index contributed by atoms with van der Waals surface area (Å²) in [5.41, 5.74) is 3.27. The summed E-state index contributed by atoms with van der Waals surface area (Å²) >= 11 is 0. The van der Waals surface area contributed by atoms with Gasteiger partial charge >= 0.3 is 0 Å². The van der Waals surface area contributed by atoms with E-state index in [9.17, 15) is 4.79 Å². The van der Waals surface area contributed by atoms with Crippen LogP contribution in [0.1, 0.15) is 21.7 Å². The first-order chi connectivity index (χ1) is 6.20. The SMILES string of the molecule is CC(=O)N/N=C(\C)[C]1C=CC=CC1.[HH]. The molecule has 0 aromatic carbocycles. The zero-order valence-electron chi connectivity index (χ0n) is 7.87. The van der Waals surface area contributed by atoms with E-state index < -0.39 is 0 Å². The Kier molecular flexibility index (Phi) is 3.43. The van der Waals surface area contributed by atoms with Gasteiger partial charge in [0.25, 0.3) is 0 Å². The molecule has 71 valence electrons. The van der Waals surface area contributed by atoms with Crippen LogP contribution in [0.25, 0.3) is 0 Å². The van der Waals surface area contributed by atoms with Gasteiger partial charge in [-0.3, -0.25) is 4.79 Å². The third-order valence-corrected chi connectivity index (χ3v) is 1.73. The number of nitrogens with zero attached hydrogens (tertiary/aromatic N) is 1. The van der Waals surface area contributed by atoms with Gasteiger partial charge < -0.3 is 0 Å². The molecule has 0 aromatic rings. The molecule has 1 N–H and O–H groups in total. The zero-order valence-corrected chi connectivity index (χ0v) is 7.87. The highest BCUT2D eigenvalue weighted by molar-refractivity contribution is 5.98. The van der Waals surface area contributed by atoms with E-state index in [0.717, 1.165) is 18.1 Å². The number of hydrogen-bond acceptors (Lipinski definition) is 2. The standard InChI is InChI=1S/C10H13N2O.H2/c1-8(11-12-9(2)13)10-6-4-3-5-7-10;/h3-6H,7H2,1-2H3,(H,12,13);1H/b11-8+;. The maximum Gasteiger partial charge on any atom is 0.236 e. The molecule has 0 spiro atoms. The van der Waals surface area contributed by atoms with Gasteiger partial charge in [-0.25, -0.2) is 5.43 Å². The van der Waals surface area contributed by atoms with Crippen molar-refractivity contribution in [1.29, 1.82) is 0 Å². The fourth-order valence-corrected chi connectivity index (χ4v) is 1.02. The molecule has 0 bridgehead atoms. The van der Waals surface area contributed by atoms with Crippen molar-refractivity contribution in [2.45, 2.75) is 20.3 Å². The molecule has 1 radical (unpaired) electrons. The average molecular weight is 179 g/mol. The smallest absolute Gasteiger partial charge is 0.236 e. The quantitative estimate of drug-likeness (QED) is 0.510. The fraction of sp³-hybridized carbons (Fsp3) is 0.300. The minimum absolute atomic E-state index is 0. The summed E-state index contributed by atoms with van der Waals surface area (Å²) in [4.78, 5) is 10.6. The van der Waals surface area contributed by atoms with E-state index in [1.807, 2.05) is 25.2 Å². The van der Waals surface area contributed by atoms with E-state index in [2.05, 4.69) is 16.6 Å². The molecule has 1 rings (SSSR count). The Labute approximate surface area is 79.7 Å². The number of allylic oxidation sites excluding steroid dienone is 4. The summed E-state index contributed by atoms with van der Waals surface area (Å²) in [6.07, 6.45) is 8.90. The zero-order chi connectivity index (χ0) is 9.68. The third-order valence-electron chi connectivity index (χ3n) is 1.73. The Hall–Kier alpha value is -1.38. The summed E-state index contributed by atoms with van der Waals surface area (Å²) in [5, 5.41) is 3.94. The summed E-state index contributed by atoms with van der Waals surface area (Å²) in [6.45, 7) is 3.33. The highest BCUT2D eigenvalue weighted by atomic mass is 16.2. The molecule has 3 heteroatoms. The van der Waals surface area contributed by atoms with Crippen LogP contribution in [0.3, 0.4) is 0 Å². The van der Waals surface area contributed by atoms with Crippen LogP contribution < -0.4 is 5.43 Å². The van der Waals surface area contributed by atoms with Crippen LogP contribution in [0.2, 0.25) is 0 Å². The molecule has 0 saturated carbocycles. The van der Waals surface area contributed by atoms with Crippen LogP contribution in [-0.4, -0.2) is 11.6 Å². The van der Waals surface area contributed by atoms with Crippen molar-refractivity contribution in [2.24, 2.45) is 5.10 Å². The fourth-order valence-electron chi connectivity index (χ4n) is 1.02. The molecule has 1 amide bonds. The van der Waals surface area contributed by atoms with Gasteiger partial charge in [0.15, 0.2) is 0 Å². The number of hydrogen-bond donors (Lipinski definition) is 1. The van der Waals surface area contributed by atoms with Crippen LogP contribution >= 0.6 is 0 Å². The second-order valence-electron chi connectivity index (χ2n) is 2.88. The van der Waals surface area contributed by atoms with Gasteiger partial charge in [-0.1, -0.05) is 24.3 Å². The lowest BCUT2D eigenvalue weighted by atomic mass is 9.97. The van der Waals surface area contributed by atoms with Gasteiger partial charge in [0.05, 0.1) is 0 Å². The lowest BCUT2D eigenvalue weighted by molar-refractivity contribution is -0.118. The lowest BCUT2D eigenvalue weighted by Gasteiger charge is -2.10. The summed E-state index contributed by atoms with van der Waals surface area (Å²) in [7, 11) is 0. The first-order valence-corrected chi connectivity index (χ1v) is 4.20. The Morgan fingerprint density at radius 2 is 2.31 bits per heavy atom. The van der Waals surface area contributed by atoms with Crippen molar-refractivity contribution in [3.05, 3.63) is 30.2 Å². The number of rotatable bonds is 2. The lowest BCUT2D eigenvalue weighted by Crippen LogP contribution is -2.17. The van der Waals surface area contributed by atoms with E-state index in [1.165, 1.54) is 6.92 Å². The molecule has 3 nitrogen and oxygen atoms in total. The summed E-state index contributed by atoms with van der Waals surface area (Å²) < 4.78 is 0. The molecule has 13 heavy (non-hydrogen) atoms. The highest BCUT2D eigenvalue weighted by Crippen LogP contribution is 2.15. The molecule has 1 aliphatic carbocycles. The van der Waals surface area contributed by atoms with Gasteiger partial charge in [0.1, 0.15) is 0 Å². The highest BCUT2D eigenvalue weighted by Gasteiger charge is 2.09.